The normalized spacial score (nSPS) is 10.1. The van der Waals surface area contributed by atoms with Crippen LogP contribution in [-0.2, 0) is 0 Å². The fourth-order valence-electron chi connectivity index (χ4n) is 1.03. The lowest BCUT2D eigenvalue weighted by atomic mass is 10.3. The molecule has 0 unspecified atom stereocenters. The number of amides is 1. The zero-order chi connectivity index (χ0) is 11.5. The molecule has 0 aliphatic carbocycles. The number of hydrogen-bond donors (Lipinski definition) is 1. The van der Waals surface area contributed by atoms with Crippen LogP contribution in [0.5, 0.6) is 0 Å². The van der Waals surface area contributed by atoms with Gasteiger partial charge >= 0.3 is 0 Å². The third-order valence-electron chi connectivity index (χ3n) is 1.77. The first-order valence-electron chi connectivity index (χ1n) is 4.20. The van der Waals surface area contributed by atoms with Crippen molar-refractivity contribution in [3.8, 4) is 0 Å². The zero-order valence-electron chi connectivity index (χ0n) is 7.78. The third-order valence-corrected chi connectivity index (χ3v) is 2.92. The first-order chi connectivity index (χ1) is 7.66. The van der Waals surface area contributed by atoms with Crippen LogP contribution in [-0.4, -0.2) is 15.5 Å². The van der Waals surface area contributed by atoms with Crippen LogP contribution in [0, 0.1) is 5.82 Å². The summed E-state index contributed by atoms with van der Waals surface area (Å²) in [6, 6.07) is 4.33. The van der Waals surface area contributed by atoms with E-state index in [1.807, 2.05) is 0 Å². The Morgan fingerprint density at radius 2 is 2.31 bits per heavy atom. The van der Waals surface area contributed by atoms with E-state index in [4.69, 9.17) is 0 Å². The molecule has 0 saturated carbocycles. The molecule has 2 rings (SSSR count). The summed E-state index contributed by atoms with van der Waals surface area (Å²) < 4.78 is 17.1. The molecule has 2 aromatic rings. The summed E-state index contributed by atoms with van der Waals surface area (Å²) in [5.74, 6) is -0.843. The van der Waals surface area contributed by atoms with Crippen LogP contribution >= 0.6 is 27.5 Å². The van der Waals surface area contributed by atoms with Gasteiger partial charge in [0.15, 0.2) is 5.69 Å². The highest BCUT2D eigenvalue weighted by atomic mass is 79.9. The molecule has 1 heterocycles. The quantitative estimate of drug-likeness (QED) is 0.928. The van der Waals surface area contributed by atoms with Crippen LogP contribution in [0.3, 0.4) is 0 Å². The molecule has 0 spiro atoms. The molecule has 1 amide bonds. The summed E-state index contributed by atoms with van der Waals surface area (Å²) in [6.07, 6.45) is 0. The molecule has 1 aromatic heterocycles. The number of benzene rings is 1. The van der Waals surface area contributed by atoms with Crippen molar-refractivity contribution in [2.45, 2.75) is 0 Å². The van der Waals surface area contributed by atoms with E-state index in [9.17, 15) is 9.18 Å². The molecule has 16 heavy (non-hydrogen) atoms. The van der Waals surface area contributed by atoms with Gasteiger partial charge < -0.3 is 5.32 Å². The molecule has 0 radical (unpaired) electrons. The number of carbonyl (C=O) groups excluding carboxylic acids is 1. The van der Waals surface area contributed by atoms with Crippen LogP contribution in [0.15, 0.2) is 28.1 Å². The first kappa shape index (κ1) is 11.2. The van der Waals surface area contributed by atoms with E-state index in [0.29, 0.717) is 10.2 Å². The molecule has 0 bridgehead atoms. The number of halogens is 2. The third kappa shape index (κ3) is 2.42. The van der Waals surface area contributed by atoms with Gasteiger partial charge in [0.2, 0.25) is 0 Å². The second-order valence-electron chi connectivity index (χ2n) is 2.87. The lowest BCUT2D eigenvalue weighted by Crippen LogP contribution is -2.12. The van der Waals surface area contributed by atoms with E-state index in [1.54, 1.807) is 6.07 Å². The topological polar surface area (TPSA) is 54.9 Å². The van der Waals surface area contributed by atoms with Crippen molar-refractivity contribution in [2.24, 2.45) is 0 Å². The number of carbonyl (C=O) groups is 1. The van der Waals surface area contributed by atoms with Crippen molar-refractivity contribution in [3.63, 3.8) is 0 Å². The van der Waals surface area contributed by atoms with Crippen LogP contribution in [0.1, 0.15) is 10.5 Å². The molecule has 1 N–H and O–H groups in total. The highest BCUT2D eigenvalue weighted by Crippen LogP contribution is 2.19. The fourth-order valence-corrected chi connectivity index (χ4v) is 1.72. The summed E-state index contributed by atoms with van der Waals surface area (Å²) >= 11 is 4.11. The summed E-state index contributed by atoms with van der Waals surface area (Å²) in [5.41, 5.74) is 0.590. The van der Waals surface area contributed by atoms with E-state index in [2.05, 4.69) is 30.8 Å². The van der Waals surface area contributed by atoms with Gasteiger partial charge in [0, 0.05) is 11.1 Å². The Balaban J connectivity index is 2.15. The minimum absolute atomic E-state index is 0.216. The lowest BCUT2D eigenvalue weighted by molar-refractivity contribution is 0.102. The Bertz CT molecular complexity index is 517. The smallest absolute Gasteiger partial charge is 0.277 e. The average Bonchev–Trinajstić information content (AvgIpc) is 2.77. The van der Waals surface area contributed by atoms with E-state index in [1.165, 1.54) is 17.5 Å². The van der Waals surface area contributed by atoms with Crippen molar-refractivity contribution in [1.82, 2.24) is 9.59 Å². The molecular formula is C9H5BrFN3OS. The highest BCUT2D eigenvalue weighted by molar-refractivity contribution is 9.10. The average molecular weight is 302 g/mol. The predicted octanol–water partition coefficient (Wildman–Crippen LogP) is 2.69. The second kappa shape index (κ2) is 4.67. The number of nitrogens with one attached hydrogen (secondary N) is 1. The van der Waals surface area contributed by atoms with E-state index in [-0.39, 0.29) is 5.69 Å². The van der Waals surface area contributed by atoms with Gasteiger partial charge in [0.25, 0.3) is 5.91 Å². The van der Waals surface area contributed by atoms with Crippen molar-refractivity contribution in [2.75, 3.05) is 5.32 Å². The summed E-state index contributed by atoms with van der Waals surface area (Å²) in [7, 11) is 0. The zero-order valence-corrected chi connectivity index (χ0v) is 10.2. The van der Waals surface area contributed by atoms with Crippen LogP contribution in [0.4, 0.5) is 10.1 Å². The van der Waals surface area contributed by atoms with Gasteiger partial charge in [-0.1, -0.05) is 4.49 Å². The van der Waals surface area contributed by atoms with Gasteiger partial charge in [-0.25, -0.2) is 4.39 Å². The number of aromatic nitrogens is 2. The SMILES string of the molecule is O=C(Nc1ccc(Br)c(F)c1)c1csnn1. The van der Waals surface area contributed by atoms with Gasteiger partial charge in [0.1, 0.15) is 5.82 Å². The van der Waals surface area contributed by atoms with Gasteiger partial charge in [-0.3, -0.25) is 4.79 Å². The molecule has 82 valence electrons. The van der Waals surface area contributed by atoms with Gasteiger partial charge in [-0.05, 0) is 45.7 Å². The van der Waals surface area contributed by atoms with Crippen molar-refractivity contribution in [3.05, 3.63) is 39.6 Å². The molecule has 4 nitrogen and oxygen atoms in total. The molecule has 0 saturated heterocycles. The maximum atomic E-state index is 13.1. The van der Waals surface area contributed by atoms with Gasteiger partial charge in [-0.15, -0.1) is 5.10 Å². The molecule has 0 atom stereocenters. The van der Waals surface area contributed by atoms with Crippen molar-refractivity contribution >= 4 is 39.1 Å². The number of nitrogens with zero attached hydrogens (tertiary/aromatic N) is 2. The summed E-state index contributed by atoms with van der Waals surface area (Å²) in [5, 5.41) is 7.64. The van der Waals surface area contributed by atoms with E-state index >= 15 is 0 Å². The largest absolute Gasteiger partial charge is 0.320 e. The number of anilines is 1. The standard InChI is InChI=1S/C9H5BrFN3OS/c10-6-2-1-5(3-7(6)11)12-9(15)8-4-16-14-13-8/h1-4H,(H,12,15). The Hall–Kier alpha value is -1.34. The fraction of sp³-hybridized carbons (Fsp3) is 0. The highest BCUT2D eigenvalue weighted by Gasteiger charge is 2.09. The Kier molecular flexibility index (Phi) is 3.25. The molecule has 0 aliphatic heterocycles. The summed E-state index contributed by atoms with van der Waals surface area (Å²) in [6.45, 7) is 0. The van der Waals surface area contributed by atoms with E-state index in [0.717, 1.165) is 11.5 Å². The van der Waals surface area contributed by atoms with Crippen LogP contribution in [0.25, 0.3) is 0 Å². The monoisotopic (exact) mass is 301 g/mol. The first-order valence-corrected chi connectivity index (χ1v) is 5.83. The van der Waals surface area contributed by atoms with Crippen LogP contribution in [0.2, 0.25) is 0 Å². The minimum atomic E-state index is -0.436. The van der Waals surface area contributed by atoms with Crippen molar-refractivity contribution in [1.29, 1.82) is 0 Å². The maximum Gasteiger partial charge on any atom is 0.277 e. The Morgan fingerprint density at radius 3 is 2.94 bits per heavy atom. The van der Waals surface area contributed by atoms with Crippen molar-refractivity contribution < 1.29 is 9.18 Å². The predicted molar refractivity (Wildman–Crippen MR) is 62.0 cm³/mol. The van der Waals surface area contributed by atoms with E-state index < -0.39 is 11.7 Å². The lowest BCUT2D eigenvalue weighted by Gasteiger charge is -2.03. The molecule has 0 aliphatic rings. The Morgan fingerprint density at radius 1 is 1.50 bits per heavy atom. The number of rotatable bonds is 2. The van der Waals surface area contributed by atoms with Gasteiger partial charge in [0.05, 0.1) is 4.47 Å². The van der Waals surface area contributed by atoms with Crippen LogP contribution < -0.4 is 5.32 Å². The molecular weight excluding hydrogens is 297 g/mol. The number of hydrogen-bond acceptors (Lipinski definition) is 4. The summed E-state index contributed by atoms with van der Waals surface area (Å²) in [4.78, 5) is 11.5. The molecule has 7 heteroatoms. The molecule has 1 aromatic carbocycles. The minimum Gasteiger partial charge on any atom is -0.320 e. The second-order valence-corrected chi connectivity index (χ2v) is 4.34. The Labute approximate surface area is 103 Å². The molecule has 0 fully saturated rings. The maximum absolute atomic E-state index is 13.1. The van der Waals surface area contributed by atoms with Gasteiger partial charge in [-0.2, -0.15) is 0 Å².